The average Bonchev–Trinajstić information content (AvgIpc) is 2.83. The lowest BCUT2D eigenvalue weighted by molar-refractivity contribution is 0.0685. The Morgan fingerprint density at radius 1 is 1.43 bits per heavy atom. The van der Waals surface area contributed by atoms with Crippen molar-refractivity contribution in [2.45, 2.75) is 45.1 Å². The maximum Gasteiger partial charge on any atom is 0.352 e. The number of aromatic nitrogens is 1. The summed E-state index contributed by atoms with van der Waals surface area (Å²) >= 11 is 0. The standard InChI is InChI=1S/C14H24N2O4S/c1-5-7-16-10-12(8-13(16)14(17)18)21(19,20)15(4)9-11(3)6-2/h8,10-11H,5-7,9H2,1-4H3,(H,17,18). The summed E-state index contributed by atoms with van der Waals surface area (Å²) in [7, 11) is -2.12. The first-order chi connectivity index (χ1) is 9.73. The predicted octanol–water partition coefficient (Wildman–Crippen LogP) is 2.26. The van der Waals surface area contributed by atoms with Gasteiger partial charge in [-0.25, -0.2) is 17.5 Å². The normalized spacial score (nSPS) is 13.6. The van der Waals surface area contributed by atoms with Gasteiger partial charge in [0, 0.05) is 26.3 Å². The zero-order chi connectivity index (χ0) is 16.2. The number of carbonyl (C=O) groups is 1. The van der Waals surface area contributed by atoms with Crippen LogP contribution < -0.4 is 0 Å². The average molecular weight is 316 g/mol. The number of carboxylic acids is 1. The monoisotopic (exact) mass is 316 g/mol. The van der Waals surface area contributed by atoms with E-state index in [4.69, 9.17) is 5.11 Å². The first-order valence-electron chi connectivity index (χ1n) is 7.13. The molecule has 21 heavy (non-hydrogen) atoms. The van der Waals surface area contributed by atoms with Crippen molar-refractivity contribution in [1.29, 1.82) is 0 Å². The van der Waals surface area contributed by atoms with Gasteiger partial charge in [0.2, 0.25) is 10.0 Å². The van der Waals surface area contributed by atoms with E-state index in [0.29, 0.717) is 13.1 Å². The second-order valence-electron chi connectivity index (χ2n) is 5.36. The molecule has 1 unspecified atom stereocenters. The van der Waals surface area contributed by atoms with E-state index >= 15 is 0 Å². The highest BCUT2D eigenvalue weighted by Crippen LogP contribution is 2.20. The Hall–Kier alpha value is -1.34. The van der Waals surface area contributed by atoms with Crippen molar-refractivity contribution in [2.75, 3.05) is 13.6 Å². The van der Waals surface area contributed by atoms with Gasteiger partial charge in [-0.05, 0) is 18.4 Å². The molecule has 0 radical (unpaired) electrons. The Balaban J connectivity index is 3.14. The van der Waals surface area contributed by atoms with Crippen LogP contribution in [0.25, 0.3) is 0 Å². The Morgan fingerprint density at radius 2 is 2.05 bits per heavy atom. The topological polar surface area (TPSA) is 79.6 Å². The van der Waals surface area contributed by atoms with Gasteiger partial charge in [0.15, 0.2) is 0 Å². The number of aromatic carboxylic acids is 1. The van der Waals surface area contributed by atoms with Gasteiger partial charge in [-0.3, -0.25) is 0 Å². The molecule has 0 saturated heterocycles. The van der Waals surface area contributed by atoms with Crippen LogP contribution in [-0.2, 0) is 16.6 Å². The summed E-state index contributed by atoms with van der Waals surface area (Å²) in [6.45, 7) is 6.80. The van der Waals surface area contributed by atoms with Gasteiger partial charge in [0.25, 0.3) is 0 Å². The summed E-state index contributed by atoms with van der Waals surface area (Å²) in [6, 6.07) is 1.24. The quantitative estimate of drug-likeness (QED) is 0.798. The summed E-state index contributed by atoms with van der Waals surface area (Å²) in [5, 5.41) is 9.16. The molecular weight excluding hydrogens is 292 g/mol. The van der Waals surface area contributed by atoms with Crippen LogP contribution in [0.3, 0.4) is 0 Å². The van der Waals surface area contributed by atoms with E-state index in [2.05, 4.69) is 0 Å². The molecule has 0 aliphatic rings. The molecule has 1 aromatic rings. The smallest absolute Gasteiger partial charge is 0.352 e. The molecule has 1 rings (SSSR count). The van der Waals surface area contributed by atoms with Crippen LogP contribution in [0.15, 0.2) is 17.2 Å². The molecule has 6 nitrogen and oxygen atoms in total. The summed E-state index contributed by atoms with van der Waals surface area (Å²) in [6.07, 6.45) is 3.03. The number of sulfonamides is 1. The molecule has 1 heterocycles. The molecule has 0 bridgehead atoms. The maximum atomic E-state index is 12.5. The lowest BCUT2D eigenvalue weighted by atomic mass is 10.1. The van der Waals surface area contributed by atoms with Gasteiger partial charge in [-0.1, -0.05) is 27.2 Å². The van der Waals surface area contributed by atoms with Crippen LogP contribution in [0.5, 0.6) is 0 Å². The summed E-state index contributed by atoms with van der Waals surface area (Å²) in [5.74, 6) is -0.865. The Morgan fingerprint density at radius 3 is 2.52 bits per heavy atom. The predicted molar refractivity (Wildman–Crippen MR) is 81.0 cm³/mol. The van der Waals surface area contributed by atoms with E-state index in [9.17, 15) is 13.2 Å². The number of rotatable bonds is 8. The van der Waals surface area contributed by atoms with Crippen LogP contribution in [-0.4, -0.2) is 42.0 Å². The number of nitrogens with zero attached hydrogens (tertiary/aromatic N) is 2. The fourth-order valence-electron chi connectivity index (χ4n) is 2.08. The van der Waals surface area contributed by atoms with E-state index in [1.807, 2.05) is 20.8 Å². The van der Waals surface area contributed by atoms with Crippen LogP contribution in [0.4, 0.5) is 0 Å². The highest BCUT2D eigenvalue weighted by molar-refractivity contribution is 7.89. The van der Waals surface area contributed by atoms with Crippen molar-refractivity contribution >= 4 is 16.0 Å². The number of aryl methyl sites for hydroxylation is 1. The van der Waals surface area contributed by atoms with E-state index in [1.165, 1.54) is 28.2 Å². The number of carboxylic acid groups (broad SMARTS) is 1. The molecule has 120 valence electrons. The van der Waals surface area contributed by atoms with E-state index in [0.717, 1.165) is 12.8 Å². The zero-order valence-corrected chi connectivity index (χ0v) is 13.9. The van der Waals surface area contributed by atoms with Crippen LogP contribution >= 0.6 is 0 Å². The van der Waals surface area contributed by atoms with Gasteiger partial charge in [0.1, 0.15) is 10.6 Å². The van der Waals surface area contributed by atoms with Gasteiger partial charge in [0.05, 0.1) is 0 Å². The molecule has 0 fully saturated rings. The molecule has 1 aromatic heterocycles. The summed E-state index contributed by atoms with van der Waals surface area (Å²) in [5.41, 5.74) is 0.00682. The summed E-state index contributed by atoms with van der Waals surface area (Å²) in [4.78, 5) is 11.2. The lowest BCUT2D eigenvalue weighted by Gasteiger charge is -2.19. The van der Waals surface area contributed by atoms with E-state index in [1.54, 1.807) is 0 Å². The molecule has 0 spiro atoms. The third-order valence-corrected chi connectivity index (χ3v) is 5.32. The lowest BCUT2D eigenvalue weighted by Crippen LogP contribution is -2.30. The number of hydrogen-bond acceptors (Lipinski definition) is 3. The second kappa shape index (κ2) is 7.09. The minimum atomic E-state index is -3.65. The second-order valence-corrected chi connectivity index (χ2v) is 7.40. The third kappa shape index (κ3) is 4.07. The molecule has 0 aliphatic carbocycles. The van der Waals surface area contributed by atoms with E-state index < -0.39 is 16.0 Å². The molecule has 1 atom stereocenters. The fourth-order valence-corrected chi connectivity index (χ4v) is 3.41. The van der Waals surface area contributed by atoms with Gasteiger partial charge in [-0.15, -0.1) is 0 Å². The third-order valence-electron chi connectivity index (χ3n) is 3.53. The maximum absolute atomic E-state index is 12.5. The van der Waals surface area contributed by atoms with Crippen molar-refractivity contribution in [3.8, 4) is 0 Å². The van der Waals surface area contributed by atoms with Crippen molar-refractivity contribution in [3.63, 3.8) is 0 Å². The van der Waals surface area contributed by atoms with Crippen molar-refractivity contribution in [1.82, 2.24) is 8.87 Å². The SMILES string of the molecule is CCCn1cc(S(=O)(=O)N(C)CC(C)CC)cc1C(=O)O. The first kappa shape index (κ1) is 17.7. The minimum absolute atomic E-state index is 0.00682. The van der Waals surface area contributed by atoms with Gasteiger partial charge >= 0.3 is 5.97 Å². The molecule has 0 aliphatic heterocycles. The first-order valence-corrected chi connectivity index (χ1v) is 8.57. The molecule has 7 heteroatoms. The Bertz CT molecular complexity index is 592. The highest BCUT2D eigenvalue weighted by atomic mass is 32.2. The Labute approximate surface area is 126 Å². The molecule has 0 amide bonds. The van der Waals surface area contributed by atoms with Crippen molar-refractivity contribution in [2.24, 2.45) is 5.92 Å². The summed E-state index contributed by atoms with van der Waals surface area (Å²) < 4.78 is 27.8. The fraction of sp³-hybridized carbons (Fsp3) is 0.643. The minimum Gasteiger partial charge on any atom is -0.477 e. The zero-order valence-electron chi connectivity index (χ0n) is 13.0. The van der Waals surface area contributed by atoms with E-state index in [-0.39, 0.29) is 16.5 Å². The van der Waals surface area contributed by atoms with Crippen LogP contribution in [0.2, 0.25) is 0 Å². The molecule has 0 saturated carbocycles. The van der Waals surface area contributed by atoms with Crippen molar-refractivity contribution in [3.05, 3.63) is 18.0 Å². The molecule has 0 aromatic carbocycles. The van der Waals surface area contributed by atoms with Crippen LogP contribution in [0.1, 0.15) is 44.1 Å². The largest absolute Gasteiger partial charge is 0.477 e. The molecule has 1 N–H and O–H groups in total. The van der Waals surface area contributed by atoms with Gasteiger partial charge < -0.3 is 9.67 Å². The van der Waals surface area contributed by atoms with Crippen molar-refractivity contribution < 1.29 is 18.3 Å². The highest BCUT2D eigenvalue weighted by Gasteiger charge is 2.26. The van der Waals surface area contributed by atoms with Gasteiger partial charge in [-0.2, -0.15) is 0 Å². The van der Waals surface area contributed by atoms with Crippen LogP contribution in [0, 0.1) is 5.92 Å². The Kier molecular flexibility index (Phi) is 5.98. The number of hydrogen-bond donors (Lipinski definition) is 1. The molecular formula is C14H24N2O4S.